The molecule has 2 heterocycles. The highest BCUT2D eigenvalue weighted by atomic mass is 16.5. The van der Waals surface area contributed by atoms with E-state index in [1.54, 1.807) is 11.8 Å². The Kier molecular flexibility index (Phi) is 5.32. The van der Waals surface area contributed by atoms with Gasteiger partial charge in [0.05, 0.1) is 18.8 Å². The largest absolute Gasteiger partial charge is 0.497 e. The van der Waals surface area contributed by atoms with E-state index in [0.717, 1.165) is 49.2 Å². The Morgan fingerprint density at radius 2 is 1.96 bits per heavy atom. The van der Waals surface area contributed by atoms with Crippen molar-refractivity contribution in [3.05, 3.63) is 66.0 Å². The summed E-state index contributed by atoms with van der Waals surface area (Å²) in [5.74, 6) is 0.863. The number of hydrogen-bond donors (Lipinski definition) is 0. The van der Waals surface area contributed by atoms with Gasteiger partial charge in [0, 0.05) is 12.1 Å². The second-order valence-electron chi connectivity index (χ2n) is 6.94. The fourth-order valence-electron chi connectivity index (χ4n) is 3.75. The van der Waals surface area contributed by atoms with Crippen LogP contribution in [0.1, 0.15) is 47.6 Å². The van der Waals surface area contributed by atoms with Crippen LogP contribution in [-0.2, 0) is 0 Å². The Morgan fingerprint density at radius 3 is 2.71 bits per heavy atom. The molecule has 3 aromatic rings. The average Bonchev–Trinajstić information content (AvgIpc) is 3.18. The van der Waals surface area contributed by atoms with Crippen LogP contribution in [0.3, 0.4) is 0 Å². The van der Waals surface area contributed by atoms with E-state index in [1.165, 1.54) is 6.33 Å². The summed E-state index contributed by atoms with van der Waals surface area (Å²) < 4.78 is 6.83. The molecule has 1 aromatic heterocycles. The number of tetrazole rings is 1. The molecule has 0 saturated carbocycles. The fraction of sp³-hybridized carbons (Fsp3) is 0.333. The van der Waals surface area contributed by atoms with Gasteiger partial charge in [-0.25, -0.2) is 4.68 Å². The standard InChI is InChI=1S/C21H23N5O2/c1-28-19-11-9-16(10-12-19)20-8-3-2-4-13-25(20)21(27)17-6-5-7-18(14-17)26-15-22-23-24-26/h5-7,9-12,14-15,20H,2-4,8,13H2,1H3/t20-/m0/s1. The summed E-state index contributed by atoms with van der Waals surface area (Å²) in [5.41, 5.74) is 2.56. The molecule has 2 aromatic carbocycles. The second kappa shape index (κ2) is 8.21. The number of benzene rings is 2. The second-order valence-corrected chi connectivity index (χ2v) is 6.94. The minimum Gasteiger partial charge on any atom is -0.497 e. The molecule has 0 unspecified atom stereocenters. The van der Waals surface area contributed by atoms with E-state index in [9.17, 15) is 4.79 Å². The SMILES string of the molecule is COc1ccc([C@@H]2CCCCCN2C(=O)c2cccc(-n3cnnn3)c2)cc1. The van der Waals surface area contributed by atoms with Crippen LogP contribution in [0.15, 0.2) is 54.9 Å². The lowest BCUT2D eigenvalue weighted by molar-refractivity contribution is 0.0681. The summed E-state index contributed by atoms with van der Waals surface area (Å²) in [4.78, 5) is 15.4. The van der Waals surface area contributed by atoms with Gasteiger partial charge in [0.2, 0.25) is 0 Å². The third-order valence-corrected chi connectivity index (χ3v) is 5.22. The highest BCUT2D eigenvalue weighted by Crippen LogP contribution is 2.32. The molecule has 0 spiro atoms. The third kappa shape index (κ3) is 3.74. The van der Waals surface area contributed by atoms with Gasteiger partial charge in [0.25, 0.3) is 5.91 Å². The molecule has 144 valence electrons. The molecule has 1 aliphatic heterocycles. The quantitative estimate of drug-likeness (QED) is 0.696. The molecule has 1 saturated heterocycles. The van der Waals surface area contributed by atoms with Gasteiger partial charge in [-0.1, -0.05) is 31.0 Å². The lowest BCUT2D eigenvalue weighted by Crippen LogP contribution is -2.34. The molecule has 1 fully saturated rings. The molecule has 0 N–H and O–H groups in total. The van der Waals surface area contributed by atoms with Crippen LogP contribution in [0.5, 0.6) is 5.75 Å². The van der Waals surface area contributed by atoms with Crippen molar-refractivity contribution in [3.8, 4) is 11.4 Å². The fourth-order valence-corrected chi connectivity index (χ4v) is 3.75. The number of ether oxygens (including phenoxy) is 1. The number of nitrogens with zero attached hydrogens (tertiary/aromatic N) is 5. The van der Waals surface area contributed by atoms with E-state index in [-0.39, 0.29) is 11.9 Å². The van der Waals surface area contributed by atoms with E-state index in [2.05, 4.69) is 27.7 Å². The number of likely N-dealkylation sites (tertiary alicyclic amines) is 1. The number of aromatic nitrogens is 4. The highest BCUT2D eigenvalue weighted by molar-refractivity contribution is 5.95. The van der Waals surface area contributed by atoms with Gasteiger partial charge in [0.15, 0.2) is 0 Å². The van der Waals surface area contributed by atoms with Gasteiger partial charge in [-0.15, -0.1) is 5.10 Å². The summed E-state index contributed by atoms with van der Waals surface area (Å²) in [7, 11) is 1.66. The molecular weight excluding hydrogens is 354 g/mol. The van der Waals surface area contributed by atoms with Crippen LogP contribution in [-0.4, -0.2) is 44.7 Å². The maximum atomic E-state index is 13.4. The van der Waals surface area contributed by atoms with Crippen LogP contribution in [0.4, 0.5) is 0 Å². The van der Waals surface area contributed by atoms with E-state index in [0.29, 0.717) is 5.56 Å². The van der Waals surface area contributed by atoms with Gasteiger partial charge in [-0.2, -0.15) is 0 Å². The first-order valence-corrected chi connectivity index (χ1v) is 9.54. The Morgan fingerprint density at radius 1 is 1.11 bits per heavy atom. The van der Waals surface area contributed by atoms with E-state index < -0.39 is 0 Å². The van der Waals surface area contributed by atoms with Gasteiger partial charge in [0.1, 0.15) is 12.1 Å². The average molecular weight is 377 g/mol. The summed E-state index contributed by atoms with van der Waals surface area (Å²) in [6, 6.07) is 15.6. The number of methoxy groups -OCH3 is 1. The van der Waals surface area contributed by atoms with Crippen molar-refractivity contribution >= 4 is 5.91 Å². The van der Waals surface area contributed by atoms with Crippen molar-refractivity contribution in [2.24, 2.45) is 0 Å². The van der Waals surface area contributed by atoms with Crippen molar-refractivity contribution in [3.63, 3.8) is 0 Å². The molecular formula is C21H23N5O2. The van der Waals surface area contributed by atoms with Gasteiger partial charge in [-0.05, 0) is 59.2 Å². The topological polar surface area (TPSA) is 73.1 Å². The first kappa shape index (κ1) is 18.2. The zero-order valence-electron chi connectivity index (χ0n) is 15.9. The lowest BCUT2D eigenvalue weighted by Gasteiger charge is -2.31. The van der Waals surface area contributed by atoms with Crippen molar-refractivity contribution < 1.29 is 9.53 Å². The monoisotopic (exact) mass is 377 g/mol. The maximum absolute atomic E-state index is 13.4. The zero-order valence-corrected chi connectivity index (χ0v) is 15.9. The summed E-state index contributed by atoms with van der Waals surface area (Å²) in [6.45, 7) is 0.755. The Labute approximate surface area is 163 Å². The molecule has 7 heteroatoms. The molecule has 0 radical (unpaired) electrons. The van der Waals surface area contributed by atoms with Crippen molar-refractivity contribution in [2.75, 3.05) is 13.7 Å². The summed E-state index contributed by atoms with van der Waals surface area (Å²) in [6.07, 6.45) is 5.76. The van der Waals surface area contributed by atoms with Gasteiger partial charge < -0.3 is 9.64 Å². The zero-order chi connectivity index (χ0) is 19.3. The predicted molar refractivity (Wildman–Crippen MR) is 104 cm³/mol. The smallest absolute Gasteiger partial charge is 0.254 e. The first-order valence-electron chi connectivity index (χ1n) is 9.54. The normalized spacial score (nSPS) is 17.2. The van der Waals surface area contributed by atoms with Crippen LogP contribution >= 0.6 is 0 Å². The molecule has 1 aliphatic rings. The molecule has 28 heavy (non-hydrogen) atoms. The molecule has 0 bridgehead atoms. The summed E-state index contributed by atoms with van der Waals surface area (Å²) in [5, 5.41) is 11.2. The minimum absolute atomic E-state index is 0.0395. The van der Waals surface area contributed by atoms with Gasteiger partial charge >= 0.3 is 0 Å². The van der Waals surface area contributed by atoms with Gasteiger partial charge in [-0.3, -0.25) is 4.79 Å². The Hall–Kier alpha value is -3.22. The van der Waals surface area contributed by atoms with Crippen molar-refractivity contribution in [2.45, 2.75) is 31.7 Å². The molecule has 4 rings (SSSR count). The highest BCUT2D eigenvalue weighted by Gasteiger charge is 2.27. The van der Waals surface area contributed by atoms with E-state index in [4.69, 9.17) is 4.74 Å². The number of rotatable bonds is 4. The molecule has 7 nitrogen and oxygen atoms in total. The number of carbonyl (C=O) groups is 1. The van der Waals surface area contributed by atoms with Crippen molar-refractivity contribution in [1.82, 2.24) is 25.1 Å². The predicted octanol–water partition coefficient (Wildman–Crippen LogP) is 3.43. The van der Waals surface area contributed by atoms with Crippen LogP contribution in [0.25, 0.3) is 5.69 Å². The third-order valence-electron chi connectivity index (χ3n) is 5.22. The molecule has 0 aliphatic carbocycles. The van der Waals surface area contributed by atoms with E-state index in [1.807, 2.05) is 41.3 Å². The minimum atomic E-state index is 0.0395. The number of hydrogen-bond acceptors (Lipinski definition) is 5. The number of carbonyl (C=O) groups excluding carboxylic acids is 1. The van der Waals surface area contributed by atoms with Crippen LogP contribution < -0.4 is 4.74 Å². The lowest BCUT2D eigenvalue weighted by atomic mass is 10.00. The Balaban J connectivity index is 1.64. The van der Waals surface area contributed by atoms with Crippen molar-refractivity contribution in [1.29, 1.82) is 0 Å². The first-order chi connectivity index (χ1) is 13.8. The molecule has 1 amide bonds. The van der Waals surface area contributed by atoms with Crippen LogP contribution in [0.2, 0.25) is 0 Å². The van der Waals surface area contributed by atoms with E-state index >= 15 is 0 Å². The Bertz CT molecular complexity index is 924. The molecule has 1 atom stereocenters. The number of amides is 1. The maximum Gasteiger partial charge on any atom is 0.254 e. The summed E-state index contributed by atoms with van der Waals surface area (Å²) >= 11 is 0. The van der Waals surface area contributed by atoms with Crippen LogP contribution in [0, 0.1) is 0 Å².